The van der Waals surface area contributed by atoms with E-state index >= 15 is 0 Å². The number of aryl methyl sites for hydroxylation is 2. The molecule has 1 unspecified atom stereocenters. The fourth-order valence-corrected chi connectivity index (χ4v) is 5.45. The summed E-state index contributed by atoms with van der Waals surface area (Å²) in [5.41, 5.74) is 3.26. The van der Waals surface area contributed by atoms with E-state index in [0.29, 0.717) is 11.7 Å². The first-order valence-corrected chi connectivity index (χ1v) is 11.5. The largest absolute Gasteiger partial charge is 0.376 e. The normalized spacial score (nSPS) is 16.4. The van der Waals surface area contributed by atoms with E-state index < -0.39 is 0 Å². The molecule has 1 aromatic heterocycles. The highest BCUT2D eigenvalue weighted by atomic mass is 32.2. The third-order valence-electron chi connectivity index (χ3n) is 4.94. The quantitative estimate of drug-likeness (QED) is 0.494. The first-order chi connectivity index (χ1) is 14.0. The van der Waals surface area contributed by atoms with E-state index in [1.54, 1.807) is 28.4 Å². The number of aromatic nitrogens is 1. The van der Waals surface area contributed by atoms with Crippen molar-refractivity contribution >= 4 is 44.4 Å². The lowest BCUT2D eigenvalue weighted by Gasteiger charge is -2.23. The van der Waals surface area contributed by atoms with Crippen LogP contribution in [0.5, 0.6) is 0 Å². The molecule has 1 aliphatic rings. The van der Waals surface area contributed by atoms with Gasteiger partial charge in [-0.25, -0.2) is 9.37 Å². The molecule has 0 radical (unpaired) electrons. The van der Waals surface area contributed by atoms with E-state index in [2.05, 4.69) is 26.0 Å². The fraction of sp³-hybridized carbons (Fsp3) is 0.364. The number of thiazole rings is 1. The maximum absolute atomic E-state index is 13.1. The molecule has 3 aromatic rings. The average molecular weight is 431 g/mol. The number of rotatable bonds is 6. The molecule has 0 aliphatic carbocycles. The van der Waals surface area contributed by atoms with Gasteiger partial charge in [0, 0.05) is 11.5 Å². The molecule has 7 heteroatoms. The highest BCUT2D eigenvalue weighted by molar-refractivity contribution is 8.00. The number of nitrogens with zero attached hydrogens (tertiary/aromatic N) is 2. The smallest absolute Gasteiger partial charge is 0.239 e. The third-order valence-corrected chi connectivity index (χ3v) is 6.96. The zero-order chi connectivity index (χ0) is 20.4. The van der Waals surface area contributed by atoms with Gasteiger partial charge >= 0.3 is 0 Å². The minimum Gasteiger partial charge on any atom is -0.376 e. The molecule has 1 saturated heterocycles. The van der Waals surface area contributed by atoms with E-state index in [1.165, 1.54) is 29.5 Å². The number of hydrogen-bond acceptors (Lipinski definition) is 5. The van der Waals surface area contributed by atoms with Crippen LogP contribution < -0.4 is 4.90 Å². The maximum Gasteiger partial charge on any atom is 0.239 e. The number of benzene rings is 2. The molecule has 1 fully saturated rings. The Hall–Kier alpha value is -1.96. The van der Waals surface area contributed by atoms with Crippen molar-refractivity contribution < 1.29 is 13.9 Å². The van der Waals surface area contributed by atoms with E-state index in [-0.39, 0.29) is 23.6 Å². The number of carbonyl (C=O) groups excluding carboxylic acids is 1. The second-order valence-electron chi connectivity index (χ2n) is 7.31. The van der Waals surface area contributed by atoms with Crippen molar-refractivity contribution in [3.8, 4) is 0 Å². The van der Waals surface area contributed by atoms with Gasteiger partial charge in [0.25, 0.3) is 0 Å². The second kappa shape index (κ2) is 8.81. The van der Waals surface area contributed by atoms with Crippen molar-refractivity contribution in [3.63, 3.8) is 0 Å². The van der Waals surface area contributed by atoms with E-state index in [4.69, 9.17) is 9.72 Å². The Morgan fingerprint density at radius 2 is 2.10 bits per heavy atom. The molecule has 0 saturated carbocycles. The molecule has 0 N–H and O–H groups in total. The summed E-state index contributed by atoms with van der Waals surface area (Å²) in [4.78, 5) is 20.6. The number of amides is 1. The molecule has 1 atom stereocenters. The van der Waals surface area contributed by atoms with Gasteiger partial charge < -0.3 is 4.74 Å². The second-order valence-corrected chi connectivity index (χ2v) is 9.36. The number of fused-ring (bicyclic) bond motifs is 1. The van der Waals surface area contributed by atoms with Crippen LogP contribution in [0.3, 0.4) is 0 Å². The topological polar surface area (TPSA) is 42.4 Å². The predicted octanol–water partition coefficient (Wildman–Crippen LogP) is 5.36. The molecule has 0 bridgehead atoms. The Morgan fingerprint density at radius 3 is 2.83 bits per heavy atom. The van der Waals surface area contributed by atoms with Crippen molar-refractivity contribution in [3.05, 3.63) is 53.3 Å². The van der Waals surface area contributed by atoms with Crippen LogP contribution in [-0.2, 0) is 9.53 Å². The summed E-state index contributed by atoms with van der Waals surface area (Å²) in [5, 5.41) is 0.717. The van der Waals surface area contributed by atoms with Crippen molar-refractivity contribution in [2.45, 2.75) is 37.7 Å². The van der Waals surface area contributed by atoms with Crippen LogP contribution in [-0.4, -0.2) is 35.9 Å². The molecule has 2 aromatic carbocycles. The van der Waals surface area contributed by atoms with Gasteiger partial charge in [-0.15, -0.1) is 11.8 Å². The first-order valence-electron chi connectivity index (χ1n) is 9.68. The predicted molar refractivity (Wildman–Crippen MR) is 118 cm³/mol. The van der Waals surface area contributed by atoms with Gasteiger partial charge in [-0.3, -0.25) is 9.69 Å². The van der Waals surface area contributed by atoms with E-state index in [9.17, 15) is 9.18 Å². The van der Waals surface area contributed by atoms with Crippen molar-refractivity contribution in [2.75, 3.05) is 23.8 Å². The van der Waals surface area contributed by atoms with Gasteiger partial charge in [0.1, 0.15) is 5.82 Å². The molecule has 0 spiro atoms. The van der Waals surface area contributed by atoms with Gasteiger partial charge in [0.05, 0.1) is 28.6 Å². The minimum absolute atomic E-state index is 0.0109. The van der Waals surface area contributed by atoms with Gasteiger partial charge in [-0.05, 0) is 68.1 Å². The van der Waals surface area contributed by atoms with Crippen LogP contribution in [0.2, 0.25) is 0 Å². The number of hydrogen-bond donors (Lipinski definition) is 0. The Bertz CT molecular complexity index is 1010. The van der Waals surface area contributed by atoms with E-state index in [0.717, 1.165) is 40.1 Å². The van der Waals surface area contributed by atoms with Crippen molar-refractivity contribution in [1.29, 1.82) is 0 Å². The van der Waals surface area contributed by atoms with Crippen LogP contribution in [0.15, 0.2) is 41.3 Å². The van der Waals surface area contributed by atoms with Gasteiger partial charge in [0.2, 0.25) is 5.91 Å². The number of halogens is 1. The molecular formula is C22H23FN2O2S2. The molecule has 4 rings (SSSR count). The molecule has 29 heavy (non-hydrogen) atoms. The highest BCUT2D eigenvalue weighted by Crippen LogP contribution is 2.33. The summed E-state index contributed by atoms with van der Waals surface area (Å²) in [6, 6.07) is 10.4. The molecule has 4 nitrogen and oxygen atoms in total. The molecule has 1 amide bonds. The zero-order valence-electron chi connectivity index (χ0n) is 16.5. The standard InChI is InChI=1S/C22H23FN2O2S2/c1-14-10-15(2)21-19(11-14)29-22(24-21)25(12-17-4-3-9-27-17)20(26)13-28-18-7-5-16(23)6-8-18/h5-8,10-11,17H,3-4,9,12-13H2,1-2H3. The lowest BCUT2D eigenvalue weighted by atomic mass is 10.1. The Balaban J connectivity index is 1.57. The van der Waals surface area contributed by atoms with Crippen LogP contribution in [0, 0.1) is 19.7 Å². The number of carbonyl (C=O) groups is 1. The summed E-state index contributed by atoms with van der Waals surface area (Å²) in [6.45, 7) is 5.38. The third kappa shape index (κ3) is 4.79. The molecule has 1 aliphatic heterocycles. The van der Waals surface area contributed by atoms with Crippen LogP contribution >= 0.6 is 23.1 Å². The van der Waals surface area contributed by atoms with Crippen LogP contribution in [0.4, 0.5) is 9.52 Å². The molecular weight excluding hydrogens is 407 g/mol. The van der Waals surface area contributed by atoms with Gasteiger partial charge in [-0.2, -0.15) is 0 Å². The molecule has 2 heterocycles. The van der Waals surface area contributed by atoms with Crippen LogP contribution in [0.25, 0.3) is 10.2 Å². The minimum atomic E-state index is -0.277. The van der Waals surface area contributed by atoms with Gasteiger partial charge in [0.15, 0.2) is 5.13 Å². The number of thioether (sulfide) groups is 1. The Labute approximate surface area is 178 Å². The van der Waals surface area contributed by atoms with Gasteiger partial charge in [-0.1, -0.05) is 17.4 Å². The zero-order valence-corrected chi connectivity index (χ0v) is 18.1. The lowest BCUT2D eigenvalue weighted by Crippen LogP contribution is -2.38. The fourth-order valence-electron chi connectivity index (χ4n) is 3.51. The SMILES string of the molecule is Cc1cc(C)c2nc(N(CC3CCCO3)C(=O)CSc3ccc(F)cc3)sc2c1. The summed E-state index contributed by atoms with van der Waals surface area (Å²) < 4.78 is 20.0. The molecule has 152 valence electrons. The Morgan fingerprint density at radius 1 is 1.31 bits per heavy atom. The van der Waals surface area contributed by atoms with Crippen molar-refractivity contribution in [2.24, 2.45) is 0 Å². The number of ether oxygens (including phenoxy) is 1. The summed E-state index contributed by atoms with van der Waals surface area (Å²) in [7, 11) is 0. The van der Waals surface area contributed by atoms with Crippen LogP contribution in [0.1, 0.15) is 24.0 Å². The number of anilines is 1. The average Bonchev–Trinajstić information content (AvgIpc) is 3.35. The summed E-state index contributed by atoms with van der Waals surface area (Å²) in [6.07, 6.45) is 2.03. The summed E-state index contributed by atoms with van der Waals surface area (Å²) >= 11 is 2.96. The Kier molecular flexibility index (Phi) is 6.18. The first kappa shape index (κ1) is 20.3. The van der Waals surface area contributed by atoms with Crippen molar-refractivity contribution in [1.82, 2.24) is 4.98 Å². The lowest BCUT2D eigenvalue weighted by molar-refractivity contribution is -0.116. The highest BCUT2D eigenvalue weighted by Gasteiger charge is 2.26. The van der Waals surface area contributed by atoms with E-state index in [1.807, 2.05) is 0 Å². The summed E-state index contributed by atoms with van der Waals surface area (Å²) in [5.74, 6) is -0.0178. The maximum atomic E-state index is 13.1. The monoisotopic (exact) mass is 430 g/mol.